The van der Waals surface area contributed by atoms with E-state index in [1.807, 2.05) is 6.92 Å². The number of aliphatic hydroxyl groups excluding tert-OH is 1. The summed E-state index contributed by atoms with van der Waals surface area (Å²) >= 11 is 0. The van der Waals surface area contributed by atoms with E-state index in [9.17, 15) is 5.11 Å². The van der Waals surface area contributed by atoms with Gasteiger partial charge in [0.25, 0.3) is 0 Å². The van der Waals surface area contributed by atoms with E-state index < -0.39 is 6.10 Å². The van der Waals surface area contributed by atoms with Crippen LogP contribution in [0.15, 0.2) is 6.20 Å². The number of rotatable bonds is 2. The van der Waals surface area contributed by atoms with Crippen LogP contribution in [0, 0.1) is 11.3 Å². The smallest absolute Gasteiger partial charge is 0.183 e. The van der Waals surface area contributed by atoms with Crippen molar-refractivity contribution in [3.05, 3.63) is 17.6 Å². The Hall–Kier alpha value is -1.67. The molecule has 1 heterocycles. The Balaban J connectivity index is 3.08. The van der Waals surface area contributed by atoms with Crippen LogP contribution in [-0.2, 0) is 0 Å². The van der Waals surface area contributed by atoms with E-state index >= 15 is 0 Å². The Morgan fingerprint density at radius 3 is 3.00 bits per heavy atom. The van der Waals surface area contributed by atoms with Gasteiger partial charge < -0.3 is 10.8 Å². The summed E-state index contributed by atoms with van der Waals surface area (Å²) < 4.78 is 0. The molecule has 1 rings (SSSR count). The van der Waals surface area contributed by atoms with E-state index in [1.54, 1.807) is 6.07 Å². The van der Waals surface area contributed by atoms with Gasteiger partial charge in [-0.3, -0.25) is 0 Å². The minimum absolute atomic E-state index is 0.0602. The van der Waals surface area contributed by atoms with Gasteiger partial charge in [-0.25, -0.2) is 9.97 Å². The van der Waals surface area contributed by atoms with Crippen molar-refractivity contribution in [3.63, 3.8) is 0 Å². The normalized spacial score (nSPS) is 12.1. The van der Waals surface area contributed by atoms with E-state index in [2.05, 4.69) is 9.97 Å². The van der Waals surface area contributed by atoms with Gasteiger partial charge in [-0.2, -0.15) is 5.26 Å². The third-order valence-corrected chi connectivity index (χ3v) is 1.65. The predicted molar refractivity (Wildman–Crippen MR) is 46.4 cm³/mol. The lowest BCUT2D eigenvalue weighted by Crippen LogP contribution is -2.05. The number of nitriles is 1. The van der Waals surface area contributed by atoms with Gasteiger partial charge in [0.15, 0.2) is 11.5 Å². The first kappa shape index (κ1) is 9.42. The summed E-state index contributed by atoms with van der Waals surface area (Å²) in [6.07, 6.45) is 1.23. The van der Waals surface area contributed by atoms with Crippen molar-refractivity contribution in [1.29, 1.82) is 5.26 Å². The summed E-state index contributed by atoms with van der Waals surface area (Å²) in [5.41, 5.74) is 5.81. The van der Waals surface area contributed by atoms with E-state index in [0.29, 0.717) is 12.1 Å². The lowest BCUT2D eigenvalue weighted by atomic mass is 10.2. The molecule has 0 radical (unpaired) electrons. The van der Waals surface area contributed by atoms with Gasteiger partial charge in [0, 0.05) is 0 Å². The second-order valence-electron chi connectivity index (χ2n) is 2.56. The molecule has 1 aromatic heterocycles. The van der Waals surface area contributed by atoms with Gasteiger partial charge in [0.2, 0.25) is 0 Å². The van der Waals surface area contributed by atoms with Gasteiger partial charge in [0.05, 0.1) is 18.0 Å². The third kappa shape index (κ3) is 1.92. The monoisotopic (exact) mass is 178 g/mol. The first-order valence-electron chi connectivity index (χ1n) is 3.89. The highest BCUT2D eigenvalue weighted by Gasteiger charge is 2.09. The molecule has 0 spiro atoms. The molecule has 0 aromatic carbocycles. The van der Waals surface area contributed by atoms with Crippen molar-refractivity contribution in [3.8, 4) is 6.07 Å². The molecule has 68 valence electrons. The maximum absolute atomic E-state index is 9.39. The van der Waals surface area contributed by atoms with Crippen LogP contribution in [0.4, 0.5) is 5.82 Å². The zero-order valence-electron chi connectivity index (χ0n) is 7.23. The zero-order chi connectivity index (χ0) is 9.84. The average molecular weight is 178 g/mol. The van der Waals surface area contributed by atoms with Gasteiger partial charge in [-0.1, -0.05) is 6.92 Å². The summed E-state index contributed by atoms with van der Waals surface area (Å²) in [7, 11) is 0. The first-order valence-corrected chi connectivity index (χ1v) is 3.89. The Morgan fingerprint density at radius 1 is 1.77 bits per heavy atom. The molecule has 0 bridgehead atoms. The molecule has 0 aliphatic rings. The van der Waals surface area contributed by atoms with Crippen LogP contribution in [0.5, 0.6) is 0 Å². The number of nitrogen functional groups attached to an aromatic ring is 1. The Kier molecular flexibility index (Phi) is 2.77. The molecule has 0 amide bonds. The van der Waals surface area contributed by atoms with Gasteiger partial charge in [-0.05, 0) is 6.42 Å². The van der Waals surface area contributed by atoms with E-state index in [1.165, 1.54) is 6.20 Å². The quantitative estimate of drug-likeness (QED) is 0.682. The molecular weight excluding hydrogens is 168 g/mol. The Bertz CT molecular complexity index is 344. The van der Waals surface area contributed by atoms with Crippen molar-refractivity contribution in [2.45, 2.75) is 19.4 Å². The minimum Gasteiger partial charge on any atom is -0.387 e. The molecule has 5 heteroatoms. The summed E-state index contributed by atoms with van der Waals surface area (Å²) in [5, 5.41) is 18.0. The molecule has 5 nitrogen and oxygen atoms in total. The zero-order valence-corrected chi connectivity index (χ0v) is 7.23. The Labute approximate surface area is 75.9 Å². The molecule has 0 saturated carbocycles. The molecular formula is C8H10N4O. The van der Waals surface area contributed by atoms with Crippen molar-refractivity contribution in [2.75, 3.05) is 5.73 Å². The number of aromatic nitrogens is 2. The lowest BCUT2D eigenvalue weighted by molar-refractivity contribution is 0.168. The maximum Gasteiger partial charge on any atom is 0.183 e. The highest BCUT2D eigenvalue weighted by Crippen LogP contribution is 2.14. The highest BCUT2D eigenvalue weighted by molar-refractivity contribution is 5.42. The fourth-order valence-electron chi connectivity index (χ4n) is 0.864. The van der Waals surface area contributed by atoms with Gasteiger partial charge in [-0.15, -0.1) is 0 Å². The van der Waals surface area contributed by atoms with Crippen molar-refractivity contribution < 1.29 is 5.11 Å². The molecule has 0 aliphatic carbocycles. The fraction of sp³-hybridized carbons (Fsp3) is 0.375. The van der Waals surface area contributed by atoms with Crippen LogP contribution < -0.4 is 5.73 Å². The molecule has 0 aliphatic heterocycles. The van der Waals surface area contributed by atoms with Gasteiger partial charge in [0.1, 0.15) is 6.07 Å². The molecule has 1 atom stereocenters. The van der Waals surface area contributed by atoms with E-state index in [0.717, 1.165) is 0 Å². The van der Waals surface area contributed by atoms with Crippen LogP contribution in [0.25, 0.3) is 0 Å². The highest BCUT2D eigenvalue weighted by atomic mass is 16.3. The summed E-state index contributed by atoms with van der Waals surface area (Å²) in [6.45, 7) is 1.81. The minimum atomic E-state index is -0.680. The Morgan fingerprint density at radius 2 is 2.46 bits per heavy atom. The second kappa shape index (κ2) is 3.83. The van der Waals surface area contributed by atoms with Crippen LogP contribution in [0.2, 0.25) is 0 Å². The third-order valence-electron chi connectivity index (χ3n) is 1.65. The summed E-state index contributed by atoms with van der Waals surface area (Å²) in [4.78, 5) is 7.61. The van der Waals surface area contributed by atoms with Crippen molar-refractivity contribution in [1.82, 2.24) is 9.97 Å². The average Bonchev–Trinajstić information content (AvgIpc) is 2.17. The lowest BCUT2D eigenvalue weighted by Gasteiger charge is -2.06. The number of hydrogen-bond acceptors (Lipinski definition) is 5. The van der Waals surface area contributed by atoms with Crippen LogP contribution >= 0.6 is 0 Å². The number of aliphatic hydroxyl groups is 1. The topological polar surface area (TPSA) is 95.8 Å². The number of hydrogen-bond donors (Lipinski definition) is 2. The van der Waals surface area contributed by atoms with E-state index in [4.69, 9.17) is 11.0 Å². The summed E-state index contributed by atoms with van der Waals surface area (Å²) in [6, 6.07) is 1.80. The molecule has 1 aromatic rings. The first-order chi connectivity index (χ1) is 6.19. The number of anilines is 1. The molecule has 3 N–H and O–H groups in total. The SMILES string of the molecule is CC[C@H](O)c1cnc(N)c(C#N)n1. The number of nitrogens with zero attached hydrogens (tertiary/aromatic N) is 3. The fourth-order valence-corrected chi connectivity index (χ4v) is 0.864. The van der Waals surface area contributed by atoms with Gasteiger partial charge >= 0.3 is 0 Å². The summed E-state index contributed by atoms with van der Waals surface area (Å²) in [5.74, 6) is 0.0922. The van der Waals surface area contributed by atoms with Crippen LogP contribution in [0.3, 0.4) is 0 Å². The predicted octanol–water partition coefficient (Wildman–Crippen LogP) is 0.374. The number of nitrogens with two attached hydrogens (primary N) is 1. The van der Waals surface area contributed by atoms with Crippen LogP contribution in [-0.4, -0.2) is 15.1 Å². The molecule has 0 unspecified atom stereocenters. The molecule has 0 fully saturated rings. The largest absolute Gasteiger partial charge is 0.387 e. The maximum atomic E-state index is 9.39. The van der Waals surface area contributed by atoms with Crippen molar-refractivity contribution in [2.24, 2.45) is 0 Å². The molecule has 13 heavy (non-hydrogen) atoms. The standard InChI is InChI=1S/C8H10N4O/c1-2-7(13)6-4-11-8(10)5(3-9)12-6/h4,7,13H,2H2,1H3,(H2,10,11)/t7-/m0/s1. The molecule has 0 saturated heterocycles. The van der Waals surface area contributed by atoms with Crippen molar-refractivity contribution >= 4 is 5.82 Å². The second-order valence-corrected chi connectivity index (χ2v) is 2.56. The van der Waals surface area contributed by atoms with Crippen LogP contribution in [0.1, 0.15) is 30.8 Å². The van der Waals surface area contributed by atoms with E-state index in [-0.39, 0.29) is 11.5 Å².